The largest absolute Gasteiger partial charge is 0.288 e. The molecule has 0 aliphatic carbocycles. The molecule has 4 heteroatoms. The lowest BCUT2D eigenvalue weighted by atomic mass is 10.1. The molecule has 0 aliphatic rings. The monoisotopic (exact) mass is 263 g/mol. The summed E-state index contributed by atoms with van der Waals surface area (Å²) in [5.74, 6) is -0.0697. The molecule has 0 saturated heterocycles. The molecule has 0 saturated carbocycles. The lowest BCUT2D eigenvalue weighted by Crippen LogP contribution is -2.01. The van der Waals surface area contributed by atoms with Gasteiger partial charge in [0.15, 0.2) is 5.78 Å². The average molecular weight is 263 g/mol. The highest BCUT2D eigenvalue weighted by molar-refractivity contribution is 6.08. The van der Waals surface area contributed by atoms with Crippen LogP contribution in [0.5, 0.6) is 0 Å². The molecule has 98 valence electrons. The van der Waals surface area contributed by atoms with Crippen LogP contribution in [0.1, 0.15) is 21.6 Å². The Kier molecular flexibility index (Phi) is 3.13. The number of nitrogens with zero attached hydrogens (tertiary/aromatic N) is 3. The molecule has 0 atom stereocenters. The smallest absolute Gasteiger partial charge is 0.197 e. The van der Waals surface area contributed by atoms with Crippen molar-refractivity contribution in [2.75, 3.05) is 0 Å². The molecular weight excluding hydrogens is 250 g/mol. The fourth-order valence-corrected chi connectivity index (χ4v) is 1.93. The third-order valence-electron chi connectivity index (χ3n) is 3.04. The van der Waals surface area contributed by atoms with Gasteiger partial charge in [-0.1, -0.05) is 18.2 Å². The van der Waals surface area contributed by atoms with Crippen molar-refractivity contribution in [3.63, 3.8) is 0 Å². The number of ketones is 1. The van der Waals surface area contributed by atoms with Crippen LogP contribution in [0.15, 0.2) is 61.1 Å². The summed E-state index contributed by atoms with van der Waals surface area (Å²) in [5.41, 5.74) is 2.94. The number of benzene rings is 1. The van der Waals surface area contributed by atoms with Gasteiger partial charge >= 0.3 is 0 Å². The van der Waals surface area contributed by atoms with Crippen LogP contribution in [0, 0.1) is 6.92 Å². The maximum Gasteiger partial charge on any atom is 0.197 e. The summed E-state index contributed by atoms with van der Waals surface area (Å²) in [5, 5.41) is 4.23. The molecule has 3 aromatic rings. The molecule has 4 nitrogen and oxygen atoms in total. The number of carbonyl (C=O) groups excluding carboxylic acids is 1. The van der Waals surface area contributed by atoms with E-state index >= 15 is 0 Å². The summed E-state index contributed by atoms with van der Waals surface area (Å²) < 4.78 is 1.69. The summed E-state index contributed by atoms with van der Waals surface area (Å²) in [6.45, 7) is 1.89. The molecule has 3 rings (SSSR count). The summed E-state index contributed by atoms with van der Waals surface area (Å²) in [4.78, 5) is 16.5. The SMILES string of the molecule is Cc1ccc(C(=O)c2cnn(-c3ccccc3)c2)cn1. The minimum absolute atomic E-state index is 0.0697. The number of hydrogen-bond acceptors (Lipinski definition) is 3. The Morgan fingerprint density at radius 1 is 1.00 bits per heavy atom. The van der Waals surface area contributed by atoms with Gasteiger partial charge in [-0.25, -0.2) is 4.68 Å². The van der Waals surface area contributed by atoms with Gasteiger partial charge in [0, 0.05) is 23.7 Å². The lowest BCUT2D eigenvalue weighted by Gasteiger charge is -1.99. The third-order valence-corrected chi connectivity index (χ3v) is 3.04. The predicted octanol–water partition coefficient (Wildman–Crippen LogP) is 2.81. The first kappa shape index (κ1) is 12.3. The number of hydrogen-bond donors (Lipinski definition) is 0. The Balaban J connectivity index is 1.90. The third kappa shape index (κ3) is 2.36. The van der Waals surface area contributed by atoms with Gasteiger partial charge in [0.1, 0.15) is 0 Å². The normalized spacial score (nSPS) is 10.4. The molecule has 20 heavy (non-hydrogen) atoms. The van der Waals surface area contributed by atoms with Crippen LogP contribution in [0.25, 0.3) is 5.69 Å². The Morgan fingerprint density at radius 2 is 1.80 bits per heavy atom. The average Bonchev–Trinajstić information content (AvgIpc) is 2.98. The molecule has 0 fully saturated rings. The second kappa shape index (κ2) is 5.09. The zero-order chi connectivity index (χ0) is 13.9. The van der Waals surface area contributed by atoms with Crippen molar-refractivity contribution >= 4 is 5.78 Å². The van der Waals surface area contributed by atoms with Crippen LogP contribution in [-0.2, 0) is 0 Å². The Labute approximate surface area is 116 Å². The van der Waals surface area contributed by atoms with E-state index in [-0.39, 0.29) is 5.78 Å². The van der Waals surface area contributed by atoms with Crippen LogP contribution in [0.2, 0.25) is 0 Å². The van der Waals surface area contributed by atoms with Crippen molar-refractivity contribution in [3.05, 3.63) is 77.9 Å². The van der Waals surface area contributed by atoms with E-state index in [2.05, 4.69) is 10.1 Å². The van der Waals surface area contributed by atoms with Gasteiger partial charge in [0.2, 0.25) is 0 Å². The van der Waals surface area contributed by atoms with E-state index in [9.17, 15) is 4.79 Å². The molecule has 0 aliphatic heterocycles. The minimum Gasteiger partial charge on any atom is -0.288 e. The molecule has 0 N–H and O–H groups in total. The molecule has 1 aromatic carbocycles. The van der Waals surface area contributed by atoms with E-state index < -0.39 is 0 Å². The van der Waals surface area contributed by atoms with E-state index in [1.165, 1.54) is 0 Å². The van der Waals surface area contributed by atoms with E-state index in [0.717, 1.165) is 11.4 Å². The van der Waals surface area contributed by atoms with Gasteiger partial charge in [-0.2, -0.15) is 5.10 Å². The van der Waals surface area contributed by atoms with Gasteiger partial charge in [-0.05, 0) is 31.2 Å². The van der Waals surface area contributed by atoms with Gasteiger partial charge in [0.25, 0.3) is 0 Å². The van der Waals surface area contributed by atoms with Crippen LogP contribution in [-0.4, -0.2) is 20.5 Å². The van der Waals surface area contributed by atoms with Crippen molar-refractivity contribution in [1.29, 1.82) is 0 Å². The van der Waals surface area contributed by atoms with E-state index in [0.29, 0.717) is 11.1 Å². The van der Waals surface area contributed by atoms with Gasteiger partial charge < -0.3 is 0 Å². The summed E-state index contributed by atoms with van der Waals surface area (Å²) in [7, 11) is 0. The number of pyridine rings is 1. The molecule has 2 aromatic heterocycles. The van der Waals surface area contributed by atoms with E-state index in [4.69, 9.17) is 0 Å². The second-order valence-electron chi connectivity index (χ2n) is 4.53. The maximum atomic E-state index is 12.3. The molecule has 0 bridgehead atoms. The zero-order valence-corrected chi connectivity index (χ0v) is 11.0. The van der Waals surface area contributed by atoms with Crippen LogP contribution >= 0.6 is 0 Å². The van der Waals surface area contributed by atoms with Crippen LogP contribution in [0.4, 0.5) is 0 Å². The van der Waals surface area contributed by atoms with Crippen molar-refractivity contribution in [2.45, 2.75) is 6.92 Å². The van der Waals surface area contributed by atoms with Crippen molar-refractivity contribution in [1.82, 2.24) is 14.8 Å². The quantitative estimate of drug-likeness (QED) is 0.683. The van der Waals surface area contributed by atoms with Crippen LogP contribution < -0.4 is 0 Å². The fourth-order valence-electron chi connectivity index (χ4n) is 1.93. The number of para-hydroxylation sites is 1. The molecule has 2 heterocycles. The first-order valence-electron chi connectivity index (χ1n) is 6.31. The van der Waals surface area contributed by atoms with Gasteiger partial charge in [-0.3, -0.25) is 9.78 Å². The Hall–Kier alpha value is -2.75. The summed E-state index contributed by atoms with van der Waals surface area (Å²) >= 11 is 0. The highest BCUT2D eigenvalue weighted by Gasteiger charge is 2.12. The highest BCUT2D eigenvalue weighted by Crippen LogP contribution is 2.12. The summed E-state index contributed by atoms with van der Waals surface area (Å²) in [6.07, 6.45) is 4.91. The van der Waals surface area contributed by atoms with Crippen molar-refractivity contribution in [2.24, 2.45) is 0 Å². The van der Waals surface area contributed by atoms with E-state index in [1.807, 2.05) is 43.3 Å². The van der Waals surface area contributed by atoms with Crippen molar-refractivity contribution in [3.8, 4) is 5.69 Å². The number of rotatable bonds is 3. The van der Waals surface area contributed by atoms with E-state index in [1.54, 1.807) is 29.3 Å². The van der Waals surface area contributed by atoms with Gasteiger partial charge in [0.05, 0.1) is 17.4 Å². The lowest BCUT2D eigenvalue weighted by molar-refractivity contribution is 0.103. The first-order valence-corrected chi connectivity index (χ1v) is 6.31. The van der Waals surface area contributed by atoms with Crippen molar-refractivity contribution < 1.29 is 4.79 Å². The second-order valence-corrected chi connectivity index (χ2v) is 4.53. The predicted molar refractivity (Wildman–Crippen MR) is 76.0 cm³/mol. The number of aryl methyl sites for hydroxylation is 1. The minimum atomic E-state index is -0.0697. The Bertz CT molecular complexity index is 730. The molecule has 0 unspecified atom stereocenters. The van der Waals surface area contributed by atoms with Crippen LogP contribution in [0.3, 0.4) is 0 Å². The maximum absolute atomic E-state index is 12.3. The topological polar surface area (TPSA) is 47.8 Å². The fraction of sp³-hybridized carbons (Fsp3) is 0.0625. The highest BCUT2D eigenvalue weighted by atomic mass is 16.1. The molecule has 0 spiro atoms. The first-order chi connectivity index (χ1) is 9.74. The molecular formula is C16H13N3O. The summed E-state index contributed by atoms with van der Waals surface area (Å²) in [6, 6.07) is 13.3. The standard InChI is InChI=1S/C16H13N3O/c1-12-7-8-13(9-17-12)16(20)14-10-18-19(11-14)15-5-3-2-4-6-15/h2-11H,1H3. The molecule has 0 amide bonds. The Morgan fingerprint density at radius 3 is 2.50 bits per heavy atom. The van der Waals surface area contributed by atoms with Gasteiger partial charge in [-0.15, -0.1) is 0 Å². The number of aromatic nitrogens is 3. The zero-order valence-electron chi connectivity index (χ0n) is 11.0. The molecule has 0 radical (unpaired) electrons. The number of carbonyl (C=O) groups is 1.